The molecule has 0 saturated carbocycles. The minimum absolute atomic E-state index is 0.0745. The zero-order valence-corrected chi connectivity index (χ0v) is 13.6. The van der Waals surface area contributed by atoms with Gasteiger partial charge in [0, 0.05) is 15.3 Å². The molecule has 0 heterocycles. The Bertz CT molecular complexity index is 425. The highest BCUT2D eigenvalue weighted by Gasteiger charge is 2.28. The van der Waals surface area contributed by atoms with Crippen LogP contribution in [-0.4, -0.2) is 16.8 Å². The van der Waals surface area contributed by atoms with Crippen molar-refractivity contribution in [3.05, 3.63) is 34.1 Å². The SMILES string of the molecule is CCC(CC)(CBr)NC(=O)c1ccc(Br)cc1F. The van der Waals surface area contributed by atoms with Crippen molar-refractivity contribution in [1.82, 2.24) is 5.32 Å². The van der Waals surface area contributed by atoms with E-state index in [1.54, 1.807) is 6.07 Å². The number of carbonyl (C=O) groups is 1. The summed E-state index contributed by atoms with van der Waals surface area (Å²) in [6.07, 6.45) is 1.58. The maximum absolute atomic E-state index is 13.7. The minimum atomic E-state index is -0.516. The van der Waals surface area contributed by atoms with Crippen molar-refractivity contribution in [2.45, 2.75) is 32.2 Å². The molecule has 1 aromatic rings. The van der Waals surface area contributed by atoms with Crippen molar-refractivity contribution in [2.75, 3.05) is 5.33 Å². The van der Waals surface area contributed by atoms with Gasteiger partial charge in [0.25, 0.3) is 5.91 Å². The Labute approximate surface area is 124 Å². The average Bonchev–Trinajstić information content (AvgIpc) is 2.36. The number of nitrogens with one attached hydrogen (secondary N) is 1. The molecular weight excluding hydrogens is 365 g/mol. The maximum atomic E-state index is 13.7. The van der Waals surface area contributed by atoms with E-state index in [9.17, 15) is 9.18 Å². The minimum Gasteiger partial charge on any atom is -0.346 e. The number of amides is 1. The van der Waals surface area contributed by atoms with Gasteiger partial charge in [0.05, 0.1) is 5.56 Å². The number of rotatable bonds is 5. The van der Waals surface area contributed by atoms with Gasteiger partial charge in [-0.15, -0.1) is 0 Å². The topological polar surface area (TPSA) is 29.1 Å². The van der Waals surface area contributed by atoms with E-state index in [4.69, 9.17) is 0 Å². The molecule has 1 rings (SSSR count). The Balaban J connectivity index is 2.94. The van der Waals surface area contributed by atoms with E-state index >= 15 is 0 Å². The number of carbonyl (C=O) groups excluding carboxylic acids is 1. The highest BCUT2D eigenvalue weighted by atomic mass is 79.9. The fourth-order valence-corrected chi connectivity index (χ4v) is 2.90. The standard InChI is InChI=1S/C13H16Br2FNO/c1-3-13(4-2,8-14)17-12(18)10-6-5-9(15)7-11(10)16/h5-7H,3-4,8H2,1-2H3,(H,17,18). The van der Waals surface area contributed by atoms with Crippen molar-refractivity contribution in [3.63, 3.8) is 0 Å². The van der Waals surface area contributed by atoms with Crippen LogP contribution in [-0.2, 0) is 0 Å². The lowest BCUT2D eigenvalue weighted by atomic mass is 9.95. The summed E-state index contributed by atoms with van der Waals surface area (Å²) in [7, 11) is 0. The first-order valence-corrected chi connectivity index (χ1v) is 7.73. The molecule has 0 atom stereocenters. The molecule has 0 radical (unpaired) electrons. The zero-order chi connectivity index (χ0) is 13.8. The first-order chi connectivity index (χ1) is 8.48. The number of benzene rings is 1. The smallest absolute Gasteiger partial charge is 0.254 e. The lowest BCUT2D eigenvalue weighted by molar-refractivity contribution is 0.0899. The van der Waals surface area contributed by atoms with Crippen LogP contribution in [0.15, 0.2) is 22.7 Å². The van der Waals surface area contributed by atoms with Gasteiger partial charge < -0.3 is 5.32 Å². The van der Waals surface area contributed by atoms with Gasteiger partial charge in [0.2, 0.25) is 0 Å². The number of hydrogen-bond acceptors (Lipinski definition) is 1. The normalized spacial score (nSPS) is 11.4. The molecule has 1 N–H and O–H groups in total. The Morgan fingerprint density at radius 1 is 1.39 bits per heavy atom. The first kappa shape index (κ1) is 15.6. The quantitative estimate of drug-likeness (QED) is 0.759. The summed E-state index contributed by atoms with van der Waals surface area (Å²) in [5.74, 6) is -0.888. The highest BCUT2D eigenvalue weighted by Crippen LogP contribution is 2.20. The summed E-state index contributed by atoms with van der Waals surface area (Å²) in [4.78, 5) is 12.1. The highest BCUT2D eigenvalue weighted by molar-refractivity contribution is 9.10. The molecular formula is C13H16Br2FNO. The van der Waals surface area contributed by atoms with Crippen LogP contribution in [0, 0.1) is 5.82 Å². The summed E-state index contributed by atoms with van der Waals surface area (Å²) >= 11 is 6.58. The molecule has 18 heavy (non-hydrogen) atoms. The number of alkyl halides is 1. The molecule has 5 heteroatoms. The Hall–Kier alpha value is -0.420. The number of halogens is 3. The van der Waals surface area contributed by atoms with Crippen LogP contribution in [0.25, 0.3) is 0 Å². The lowest BCUT2D eigenvalue weighted by Gasteiger charge is -2.31. The van der Waals surface area contributed by atoms with E-state index in [0.29, 0.717) is 9.80 Å². The third-order valence-corrected chi connectivity index (χ3v) is 4.73. The molecule has 0 bridgehead atoms. The molecule has 0 spiro atoms. The predicted molar refractivity (Wildman–Crippen MR) is 78.7 cm³/mol. The molecule has 0 aliphatic heterocycles. The molecule has 0 aromatic heterocycles. The fourth-order valence-electron chi connectivity index (χ4n) is 1.63. The van der Waals surface area contributed by atoms with E-state index in [2.05, 4.69) is 37.2 Å². The second-order valence-electron chi connectivity index (χ2n) is 4.20. The Morgan fingerprint density at radius 3 is 2.44 bits per heavy atom. The average molecular weight is 381 g/mol. The molecule has 2 nitrogen and oxygen atoms in total. The van der Waals surface area contributed by atoms with E-state index in [-0.39, 0.29) is 17.0 Å². The van der Waals surface area contributed by atoms with E-state index < -0.39 is 5.82 Å². The van der Waals surface area contributed by atoms with Gasteiger partial charge in [0.1, 0.15) is 5.82 Å². The van der Waals surface area contributed by atoms with Crippen LogP contribution in [0.4, 0.5) is 4.39 Å². The van der Waals surface area contributed by atoms with Crippen LogP contribution in [0.1, 0.15) is 37.0 Å². The number of hydrogen-bond donors (Lipinski definition) is 1. The second-order valence-corrected chi connectivity index (χ2v) is 5.68. The van der Waals surface area contributed by atoms with Gasteiger partial charge in [-0.3, -0.25) is 4.79 Å². The van der Waals surface area contributed by atoms with Gasteiger partial charge in [-0.05, 0) is 31.0 Å². The zero-order valence-electron chi connectivity index (χ0n) is 10.4. The third kappa shape index (κ3) is 3.54. The second kappa shape index (κ2) is 6.66. The molecule has 1 aromatic carbocycles. The lowest BCUT2D eigenvalue weighted by Crippen LogP contribution is -2.49. The van der Waals surface area contributed by atoms with E-state index in [0.717, 1.165) is 12.8 Å². The van der Waals surface area contributed by atoms with Gasteiger partial charge >= 0.3 is 0 Å². The molecule has 0 fully saturated rings. The monoisotopic (exact) mass is 379 g/mol. The van der Waals surface area contributed by atoms with Crippen molar-refractivity contribution < 1.29 is 9.18 Å². The van der Waals surface area contributed by atoms with Gasteiger partial charge in [-0.1, -0.05) is 45.7 Å². The van der Waals surface area contributed by atoms with E-state index in [1.165, 1.54) is 12.1 Å². The third-order valence-electron chi connectivity index (χ3n) is 3.16. The Morgan fingerprint density at radius 2 is 2.00 bits per heavy atom. The van der Waals surface area contributed by atoms with Gasteiger partial charge in [0.15, 0.2) is 0 Å². The largest absolute Gasteiger partial charge is 0.346 e. The van der Waals surface area contributed by atoms with Crippen LogP contribution in [0.5, 0.6) is 0 Å². The van der Waals surface area contributed by atoms with Gasteiger partial charge in [-0.2, -0.15) is 0 Å². The summed E-state index contributed by atoms with van der Waals surface area (Å²) in [6.45, 7) is 4.01. The molecule has 0 unspecified atom stereocenters. The molecule has 0 saturated heterocycles. The molecule has 1 amide bonds. The van der Waals surface area contributed by atoms with Crippen molar-refractivity contribution in [2.24, 2.45) is 0 Å². The summed E-state index contributed by atoms with van der Waals surface area (Å²) in [6, 6.07) is 4.44. The van der Waals surface area contributed by atoms with Crippen LogP contribution < -0.4 is 5.32 Å². The van der Waals surface area contributed by atoms with Crippen LogP contribution in [0.2, 0.25) is 0 Å². The van der Waals surface area contributed by atoms with Crippen LogP contribution in [0.3, 0.4) is 0 Å². The fraction of sp³-hybridized carbons (Fsp3) is 0.462. The maximum Gasteiger partial charge on any atom is 0.254 e. The molecule has 100 valence electrons. The molecule has 0 aliphatic rings. The van der Waals surface area contributed by atoms with Crippen molar-refractivity contribution in [1.29, 1.82) is 0 Å². The predicted octanol–water partition coefficient (Wildman–Crippen LogP) is 4.27. The molecule has 0 aliphatic carbocycles. The van der Waals surface area contributed by atoms with Crippen molar-refractivity contribution in [3.8, 4) is 0 Å². The summed E-state index contributed by atoms with van der Waals surface area (Å²) in [5.41, 5.74) is -0.248. The summed E-state index contributed by atoms with van der Waals surface area (Å²) < 4.78 is 14.3. The van der Waals surface area contributed by atoms with E-state index in [1.807, 2.05) is 13.8 Å². The first-order valence-electron chi connectivity index (χ1n) is 5.81. The van der Waals surface area contributed by atoms with Gasteiger partial charge in [-0.25, -0.2) is 4.39 Å². The van der Waals surface area contributed by atoms with Crippen LogP contribution >= 0.6 is 31.9 Å². The summed E-state index contributed by atoms with van der Waals surface area (Å²) in [5, 5.41) is 3.56. The Kier molecular flexibility index (Phi) is 5.79. The van der Waals surface area contributed by atoms with Crippen molar-refractivity contribution >= 4 is 37.8 Å².